The Morgan fingerprint density at radius 1 is 1.32 bits per heavy atom. The van der Waals surface area contributed by atoms with Crippen molar-refractivity contribution in [2.24, 2.45) is 5.92 Å². The van der Waals surface area contributed by atoms with E-state index in [1.165, 1.54) is 11.4 Å². The van der Waals surface area contributed by atoms with Crippen LogP contribution >= 0.6 is 0 Å². The number of ether oxygens (including phenoxy) is 1. The van der Waals surface area contributed by atoms with Gasteiger partial charge in [0.2, 0.25) is 15.9 Å². The Morgan fingerprint density at radius 2 is 2.00 bits per heavy atom. The van der Waals surface area contributed by atoms with Crippen molar-refractivity contribution in [1.82, 2.24) is 14.2 Å². The lowest BCUT2D eigenvalue weighted by Crippen LogP contribution is -2.50. The van der Waals surface area contributed by atoms with Gasteiger partial charge in [-0.2, -0.15) is 4.31 Å². The fraction of sp³-hybridized carbons (Fsp3) is 0.440. The molecule has 1 aliphatic rings. The quantitative estimate of drug-likeness (QED) is 0.645. The molecule has 8 nitrogen and oxygen atoms in total. The van der Waals surface area contributed by atoms with Crippen molar-refractivity contribution in [2.75, 3.05) is 26.7 Å². The highest BCUT2D eigenvalue weighted by atomic mass is 32.2. The van der Waals surface area contributed by atoms with Crippen LogP contribution < -0.4 is 4.74 Å². The summed E-state index contributed by atoms with van der Waals surface area (Å²) in [7, 11) is -2.21. The largest absolute Gasteiger partial charge is 0.472 e. The second-order valence-electron chi connectivity index (χ2n) is 8.84. The van der Waals surface area contributed by atoms with Gasteiger partial charge in [-0.1, -0.05) is 36.8 Å². The van der Waals surface area contributed by atoms with Gasteiger partial charge in [-0.05, 0) is 44.5 Å². The number of pyridine rings is 1. The lowest BCUT2D eigenvalue weighted by molar-refractivity contribution is 0.0373. The molecule has 0 saturated heterocycles. The number of aliphatic hydroxyl groups excluding tert-OH is 1. The first-order valence-electron chi connectivity index (χ1n) is 11.3. The molecule has 2 heterocycles. The number of likely N-dealkylation sites (N-methyl/N-ethyl adjacent to an activating group) is 1. The molecular formula is C25H33N3O5S. The van der Waals surface area contributed by atoms with Crippen LogP contribution in [0.25, 0.3) is 6.08 Å². The summed E-state index contributed by atoms with van der Waals surface area (Å²) < 4.78 is 33.8. The van der Waals surface area contributed by atoms with Gasteiger partial charge in [0.15, 0.2) is 0 Å². The third-order valence-electron chi connectivity index (χ3n) is 6.07. The van der Waals surface area contributed by atoms with E-state index in [1.54, 1.807) is 48.4 Å². The van der Waals surface area contributed by atoms with Crippen LogP contribution in [0.5, 0.6) is 5.88 Å². The molecule has 1 aromatic heterocycles. The zero-order valence-corrected chi connectivity index (χ0v) is 21.1. The van der Waals surface area contributed by atoms with Gasteiger partial charge in [0.05, 0.1) is 24.1 Å². The van der Waals surface area contributed by atoms with Crippen molar-refractivity contribution in [3.8, 4) is 5.88 Å². The molecular weight excluding hydrogens is 454 g/mol. The van der Waals surface area contributed by atoms with Gasteiger partial charge in [-0.25, -0.2) is 13.4 Å². The van der Waals surface area contributed by atoms with Crippen LogP contribution in [-0.4, -0.2) is 72.5 Å². The molecule has 0 saturated carbocycles. The Hall–Kier alpha value is -2.75. The molecule has 2 aromatic rings. The Bertz CT molecular complexity index is 1150. The Kier molecular flexibility index (Phi) is 8.12. The van der Waals surface area contributed by atoms with Crippen LogP contribution in [0.3, 0.4) is 0 Å². The zero-order chi connectivity index (χ0) is 25.0. The molecule has 1 N–H and O–H groups in total. The Labute approximate surface area is 201 Å². The van der Waals surface area contributed by atoms with Crippen LogP contribution in [0.15, 0.2) is 47.5 Å². The molecule has 184 valence electrons. The fourth-order valence-corrected chi connectivity index (χ4v) is 5.04. The van der Waals surface area contributed by atoms with Gasteiger partial charge in [0, 0.05) is 25.7 Å². The number of benzene rings is 1. The van der Waals surface area contributed by atoms with E-state index in [1.807, 2.05) is 32.9 Å². The predicted octanol–water partition coefficient (Wildman–Crippen LogP) is 2.96. The summed E-state index contributed by atoms with van der Waals surface area (Å²) in [5.74, 6) is -0.341. The molecule has 0 aliphatic carbocycles. The second kappa shape index (κ2) is 10.7. The van der Waals surface area contributed by atoms with Crippen LogP contribution in [0.4, 0.5) is 0 Å². The van der Waals surface area contributed by atoms with Crippen molar-refractivity contribution < 1.29 is 23.1 Å². The number of nitrogens with zero attached hydrogens (tertiary/aromatic N) is 3. The molecule has 0 fully saturated rings. The number of fused-ring (bicyclic) bond motifs is 1. The van der Waals surface area contributed by atoms with E-state index in [4.69, 9.17) is 4.74 Å². The van der Waals surface area contributed by atoms with Gasteiger partial charge >= 0.3 is 0 Å². The number of allylic oxidation sites excluding steroid dienone is 1. The van der Waals surface area contributed by atoms with Gasteiger partial charge in [-0.3, -0.25) is 4.79 Å². The van der Waals surface area contributed by atoms with Crippen molar-refractivity contribution in [3.63, 3.8) is 0 Å². The summed E-state index contributed by atoms with van der Waals surface area (Å²) in [6.45, 7) is 7.64. The number of carbonyl (C=O) groups is 1. The van der Waals surface area contributed by atoms with E-state index < -0.39 is 22.2 Å². The van der Waals surface area contributed by atoms with Gasteiger partial charge in [0.1, 0.15) is 11.7 Å². The highest BCUT2D eigenvalue weighted by molar-refractivity contribution is 7.89. The molecule has 0 bridgehead atoms. The van der Waals surface area contributed by atoms with Gasteiger partial charge in [0.25, 0.3) is 5.91 Å². The maximum absolute atomic E-state index is 13.4. The number of amides is 1. The summed E-state index contributed by atoms with van der Waals surface area (Å²) in [5.41, 5.74) is 2.01. The molecule has 34 heavy (non-hydrogen) atoms. The lowest BCUT2D eigenvalue weighted by atomic mass is 10.00. The molecule has 0 radical (unpaired) electrons. The van der Waals surface area contributed by atoms with Crippen molar-refractivity contribution in [1.29, 1.82) is 0 Å². The van der Waals surface area contributed by atoms with Gasteiger partial charge in [-0.15, -0.1) is 0 Å². The van der Waals surface area contributed by atoms with Crippen molar-refractivity contribution >= 4 is 22.0 Å². The SMILES string of the molecule is C/C=C/c1cnc2c(c1)C(=O)N([C@H](C)CO)C[C@@H](C)[C@H](CN(C)S(=O)(=O)c1ccc(C)cc1)O2. The lowest BCUT2D eigenvalue weighted by Gasteiger charge is -2.37. The van der Waals surface area contributed by atoms with Crippen LogP contribution in [-0.2, 0) is 10.0 Å². The number of hydrogen-bond donors (Lipinski definition) is 1. The van der Waals surface area contributed by atoms with E-state index in [9.17, 15) is 18.3 Å². The maximum Gasteiger partial charge on any atom is 0.259 e. The molecule has 0 unspecified atom stereocenters. The molecule has 3 rings (SSSR count). The predicted molar refractivity (Wildman–Crippen MR) is 131 cm³/mol. The summed E-state index contributed by atoms with van der Waals surface area (Å²) in [4.78, 5) is 19.6. The zero-order valence-electron chi connectivity index (χ0n) is 20.3. The Balaban J connectivity index is 1.97. The standard InChI is InChI=1S/C25H33N3O5S/c1-6-7-20-12-22-24(26-13-20)33-23(18(3)14-28(25(22)30)19(4)16-29)15-27(5)34(31,32)21-10-8-17(2)9-11-21/h6-13,18-19,23,29H,14-16H2,1-5H3/b7-6+/t18-,19-,23+/m1/s1. The minimum absolute atomic E-state index is 0.0741. The molecule has 9 heteroatoms. The second-order valence-corrected chi connectivity index (χ2v) is 10.9. The molecule has 1 aromatic carbocycles. The monoisotopic (exact) mass is 487 g/mol. The Morgan fingerprint density at radius 3 is 2.62 bits per heavy atom. The average molecular weight is 488 g/mol. The smallest absolute Gasteiger partial charge is 0.259 e. The highest BCUT2D eigenvalue weighted by Gasteiger charge is 2.35. The van der Waals surface area contributed by atoms with Crippen molar-refractivity contribution in [2.45, 2.75) is 44.7 Å². The number of rotatable bonds is 7. The van der Waals surface area contributed by atoms with Crippen LogP contribution in [0, 0.1) is 12.8 Å². The summed E-state index contributed by atoms with van der Waals surface area (Å²) >= 11 is 0. The summed E-state index contributed by atoms with van der Waals surface area (Å²) in [6, 6.07) is 8.00. The first-order valence-corrected chi connectivity index (χ1v) is 12.8. The third kappa shape index (κ3) is 5.48. The molecule has 1 aliphatic heterocycles. The first kappa shape index (κ1) is 25.9. The van der Waals surface area contributed by atoms with Crippen LogP contribution in [0.1, 0.15) is 42.3 Å². The van der Waals surface area contributed by atoms with E-state index in [-0.39, 0.29) is 41.3 Å². The molecule has 0 spiro atoms. The maximum atomic E-state index is 13.4. The van der Waals surface area contributed by atoms with Gasteiger partial charge < -0.3 is 14.7 Å². The summed E-state index contributed by atoms with van der Waals surface area (Å²) in [5, 5.41) is 9.76. The number of carbonyl (C=O) groups excluding carboxylic acids is 1. The van der Waals surface area contributed by atoms with E-state index in [0.717, 1.165) is 11.1 Å². The van der Waals surface area contributed by atoms with E-state index in [2.05, 4.69) is 4.98 Å². The average Bonchev–Trinajstić information content (AvgIpc) is 2.81. The minimum Gasteiger partial charge on any atom is -0.472 e. The number of hydrogen-bond acceptors (Lipinski definition) is 6. The number of aliphatic hydroxyl groups is 1. The molecule has 1 amide bonds. The number of aryl methyl sites for hydroxylation is 1. The first-order chi connectivity index (χ1) is 16.1. The minimum atomic E-state index is -3.73. The van der Waals surface area contributed by atoms with Crippen LogP contribution in [0.2, 0.25) is 0 Å². The number of aromatic nitrogens is 1. The highest BCUT2D eigenvalue weighted by Crippen LogP contribution is 2.28. The fourth-order valence-electron chi connectivity index (χ4n) is 3.86. The van der Waals surface area contributed by atoms with Crippen molar-refractivity contribution in [3.05, 3.63) is 59.3 Å². The summed E-state index contributed by atoms with van der Waals surface area (Å²) in [6.07, 6.45) is 4.73. The topological polar surface area (TPSA) is 100 Å². The molecule has 3 atom stereocenters. The van der Waals surface area contributed by atoms with E-state index >= 15 is 0 Å². The van der Waals surface area contributed by atoms with E-state index in [0.29, 0.717) is 6.54 Å². The third-order valence-corrected chi connectivity index (χ3v) is 7.91. The normalized spacial score (nSPS) is 20.1. The number of sulfonamides is 1.